The number of rotatable bonds is 3. The summed E-state index contributed by atoms with van der Waals surface area (Å²) in [6, 6.07) is 4.00. The highest BCUT2D eigenvalue weighted by Crippen LogP contribution is 2.28. The second-order valence-corrected chi connectivity index (χ2v) is 6.89. The van der Waals surface area contributed by atoms with E-state index in [1.165, 1.54) is 0 Å². The Morgan fingerprint density at radius 2 is 2.16 bits per heavy atom. The molecule has 0 spiro atoms. The lowest BCUT2D eigenvalue weighted by molar-refractivity contribution is 0.482. The highest BCUT2D eigenvalue weighted by atomic mass is 16.1. The van der Waals surface area contributed by atoms with Gasteiger partial charge in [-0.25, -0.2) is 14.2 Å². The summed E-state index contributed by atoms with van der Waals surface area (Å²) < 4.78 is 3.50. The number of fused-ring (bicyclic) bond motifs is 2. The zero-order chi connectivity index (χ0) is 16.8. The highest BCUT2D eigenvalue weighted by molar-refractivity contribution is 5.68. The third kappa shape index (κ3) is 2.42. The molecule has 25 heavy (non-hydrogen) atoms. The number of aromatic nitrogens is 5. The van der Waals surface area contributed by atoms with E-state index in [9.17, 15) is 4.79 Å². The van der Waals surface area contributed by atoms with Crippen LogP contribution in [0.25, 0.3) is 5.52 Å². The van der Waals surface area contributed by atoms with E-state index < -0.39 is 0 Å². The maximum atomic E-state index is 12.4. The van der Waals surface area contributed by atoms with E-state index in [4.69, 9.17) is 0 Å². The number of aryl methyl sites for hydroxylation is 2. The fourth-order valence-corrected chi connectivity index (χ4v) is 4.14. The van der Waals surface area contributed by atoms with Gasteiger partial charge < -0.3 is 4.90 Å². The van der Waals surface area contributed by atoms with Crippen LogP contribution in [0.2, 0.25) is 0 Å². The quantitative estimate of drug-likeness (QED) is 0.724. The predicted molar refractivity (Wildman–Crippen MR) is 93.9 cm³/mol. The second kappa shape index (κ2) is 5.68. The number of hydrogen-bond donors (Lipinski definition) is 0. The first kappa shape index (κ1) is 14.6. The average molecular weight is 336 g/mol. The Bertz CT molecular complexity index is 991. The summed E-state index contributed by atoms with van der Waals surface area (Å²) >= 11 is 0. The lowest BCUT2D eigenvalue weighted by atomic mass is 10.2. The molecule has 0 N–H and O–H groups in total. The number of nitrogens with zero attached hydrogens (tertiary/aromatic N) is 6. The minimum atomic E-state index is 0.0167. The molecule has 128 valence electrons. The zero-order valence-corrected chi connectivity index (χ0v) is 14.0. The molecule has 0 bridgehead atoms. The predicted octanol–water partition coefficient (Wildman–Crippen LogP) is 1.44. The smallest absolute Gasteiger partial charge is 0.267 e. The molecule has 0 radical (unpaired) electrons. The van der Waals surface area contributed by atoms with E-state index in [1.807, 2.05) is 16.8 Å². The van der Waals surface area contributed by atoms with E-state index in [0.29, 0.717) is 6.54 Å². The topological polar surface area (TPSA) is 68.3 Å². The molecule has 1 fully saturated rings. The van der Waals surface area contributed by atoms with Crippen molar-refractivity contribution in [2.24, 2.45) is 0 Å². The summed E-state index contributed by atoms with van der Waals surface area (Å²) in [5, 5.41) is 8.93. The summed E-state index contributed by atoms with van der Waals surface area (Å²) in [5.41, 5.74) is 3.25. The van der Waals surface area contributed by atoms with Crippen molar-refractivity contribution in [3.8, 4) is 0 Å². The summed E-state index contributed by atoms with van der Waals surface area (Å²) in [6.45, 7) is 1.56. The molecule has 1 atom stereocenters. The Labute approximate surface area is 144 Å². The first-order chi connectivity index (χ1) is 12.3. The SMILES string of the molecule is O=c1cc2c(nn1CC1CCCN1c1nccn3nccc13)CCC2. The molecule has 2 aliphatic rings. The van der Waals surface area contributed by atoms with Crippen LogP contribution in [0.3, 0.4) is 0 Å². The van der Waals surface area contributed by atoms with Gasteiger partial charge in [-0.05, 0) is 43.7 Å². The molecular weight excluding hydrogens is 316 g/mol. The van der Waals surface area contributed by atoms with Crippen LogP contribution in [0, 0.1) is 0 Å². The molecular formula is C18H20N6O. The first-order valence-corrected chi connectivity index (χ1v) is 8.94. The fourth-order valence-electron chi connectivity index (χ4n) is 4.14. The van der Waals surface area contributed by atoms with Crippen LogP contribution >= 0.6 is 0 Å². The van der Waals surface area contributed by atoms with Gasteiger partial charge in [0.25, 0.3) is 5.56 Å². The molecule has 1 aliphatic heterocycles. The third-order valence-electron chi connectivity index (χ3n) is 5.36. The van der Waals surface area contributed by atoms with Gasteiger partial charge >= 0.3 is 0 Å². The van der Waals surface area contributed by atoms with Gasteiger partial charge in [-0.1, -0.05) is 0 Å². The van der Waals surface area contributed by atoms with Crippen LogP contribution in [-0.4, -0.2) is 37.0 Å². The van der Waals surface area contributed by atoms with E-state index in [1.54, 1.807) is 23.1 Å². The van der Waals surface area contributed by atoms with Gasteiger partial charge in [0.1, 0.15) is 5.52 Å². The summed E-state index contributed by atoms with van der Waals surface area (Å²) in [7, 11) is 0. The zero-order valence-electron chi connectivity index (χ0n) is 14.0. The lowest BCUT2D eigenvalue weighted by Gasteiger charge is -2.26. The van der Waals surface area contributed by atoms with Crippen molar-refractivity contribution in [2.45, 2.75) is 44.7 Å². The molecule has 1 aliphatic carbocycles. The second-order valence-electron chi connectivity index (χ2n) is 6.89. The molecule has 0 saturated carbocycles. The van der Waals surface area contributed by atoms with Crippen LogP contribution in [-0.2, 0) is 19.4 Å². The molecule has 7 heteroatoms. The van der Waals surface area contributed by atoms with E-state index >= 15 is 0 Å². The van der Waals surface area contributed by atoms with Crippen molar-refractivity contribution >= 4 is 11.3 Å². The molecule has 1 unspecified atom stereocenters. The molecule has 0 aromatic carbocycles. The van der Waals surface area contributed by atoms with Crippen molar-refractivity contribution in [1.82, 2.24) is 24.4 Å². The molecule has 0 amide bonds. The van der Waals surface area contributed by atoms with Gasteiger partial charge in [-0.2, -0.15) is 10.2 Å². The third-order valence-corrected chi connectivity index (χ3v) is 5.36. The maximum absolute atomic E-state index is 12.4. The van der Waals surface area contributed by atoms with Crippen molar-refractivity contribution in [1.29, 1.82) is 0 Å². The summed E-state index contributed by atoms with van der Waals surface area (Å²) in [5.74, 6) is 0.941. The Kier molecular flexibility index (Phi) is 3.33. The molecule has 7 nitrogen and oxygen atoms in total. The monoisotopic (exact) mass is 336 g/mol. The van der Waals surface area contributed by atoms with Crippen LogP contribution in [0.4, 0.5) is 5.82 Å². The summed E-state index contributed by atoms with van der Waals surface area (Å²) in [6.07, 6.45) is 10.7. The minimum Gasteiger partial charge on any atom is -0.350 e. The average Bonchev–Trinajstić information content (AvgIpc) is 3.34. The van der Waals surface area contributed by atoms with Gasteiger partial charge in [-0.3, -0.25) is 4.79 Å². The Morgan fingerprint density at radius 3 is 3.12 bits per heavy atom. The standard InChI is InChI=1S/C18H20N6O/c25-17-11-13-3-1-5-15(13)21-24(17)12-14-4-2-9-22(14)18-16-6-7-20-23(16)10-8-19-18/h6-8,10-11,14H,1-5,9,12H2. The highest BCUT2D eigenvalue weighted by Gasteiger charge is 2.28. The Hall–Kier alpha value is -2.70. The van der Waals surface area contributed by atoms with Crippen LogP contribution < -0.4 is 10.5 Å². The fraction of sp³-hybridized carbons (Fsp3) is 0.444. The number of hydrogen-bond acceptors (Lipinski definition) is 5. The lowest BCUT2D eigenvalue weighted by Crippen LogP contribution is -2.38. The molecule has 3 aromatic rings. The van der Waals surface area contributed by atoms with Gasteiger partial charge in [0.2, 0.25) is 0 Å². The molecule has 5 rings (SSSR count). The van der Waals surface area contributed by atoms with E-state index in [2.05, 4.69) is 20.1 Å². The van der Waals surface area contributed by atoms with Gasteiger partial charge in [0, 0.05) is 25.0 Å². The van der Waals surface area contributed by atoms with Gasteiger partial charge in [0.15, 0.2) is 5.82 Å². The van der Waals surface area contributed by atoms with Crippen LogP contribution in [0.1, 0.15) is 30.5 Å². The molecule has 4 heterocycles. The minimum absolute atomic E-state index is 0.0167. The van der Waals surface area contributed by atoms with E-state index in [-0.39, 0.29) is 11.6 Å². The van der Waals surface area contributed by atoms with Gasteiger partial charge in [0.05, 0.1) is 24.5 Å². The molecule has 1 saturated heterocycles. The first-order valence-electron chi connectivity index (χ1n) is 8.94. The van der Waals surface area contributed by atoms with Crippen LogP contribution in [0.15, 0.2) is 35.5 Å². The van der Waals surface area contributed by atoms with Crippen molar-refractivity contribution in [3.05, 3.63) is 52.3 Å². The van der Waals surface area contributed by atoms with Gasteiger partial charge in [-0.15, -0.1) is 0 Å². The van der Waals surface area contributed by atoms with Crippen molar-refractivity contribution in [3.63, 3.8) is 0 Å². The Morgan fingerprint density at radius 1 is 1.20 bits per heavy atom. The maximum Gasteiger partial charge on any atom is 0.267 e. The van der Waals surface area contributed by atoms with Crippen molar-refractivity contribution in [2.75, 3.05) is 11.4 Å². The van der Waals surface area contributed by atoms with E-state index in [0.717, 1.165) is 61.2 Å². The van der Waals surface area contributed by atoms with Crippen molar-refractivity contribution < 1.29 is 0 Å². The molecule has 3 aromatic heterocycles. The largest absolute Gasteiger partial charge is 0.350 e. The Balaban J connectivity index is 1.48. The summed E-state index contributed by atoms with van der Waals surface area (Å²) in [4.78, 5) is 19.3. The normalized spacial score (nSPS) is 19.7. The number of anilines is 1. The van der Waals surface area contributed by atoms with Crippen LogP contribution in [0.5, 0.6) is 0 Å².